The molecule has 0 amide bonds. The van der Waals surface area contributed by atoms with Crippen molar-refractivity contribution in [2.75, 3.05) is 0 Å². The number of allylic oxidation sites excluding steroid dienone is 2. The van der Waals surface area contributed by atoms with Gasteiger partial charge in [0.2, 0.25) is 0 Å². The molecule has 2 nitrogen and oxygen atoms in total. The number of ketones is 1. The van der Waals surface area contributed by atoms with Crippen LogP contribution in [0.4, 0.5) is 0 Å². The molecule has 0 fully saturated rings. The third kappa shape index (κ3) is 9.21. The molecule has 0 saturated carbocycles. The van der Waals surface area contributed by atoms with Gasteiger partial charge in [0.05, 0.1) is 5.76 Å². The van der Waals surface area contributed by atoms with E-state index >= 15 is 0 Å². The van der Waals surface area contributed by atoms with Crippen molar-refractivity contribution in [1.29, 1.82) is 0 Å². The third-order valence-corrected chi connectivity index (χ3v) is 0.412. The van der Waals surface area contributed by atoms with Crippen LogP contribution in [0.5, 0.6) is 0 Å². The topological polar surface area (TPSA) is 37.3 Å². The molecule has 3 heteroatoms. The molecule has 0 aromatic rings. The van der Waals surface area contributed by atoms with Gasteiger partial charge < -0.3 is 5.11 Å². The molecule has 0 radical (unpaired) electrons. The Bertz CT molecular complexity index is 103. The fourth-order valence-corrected chi connectivity index (χ4v) is 0.294. The average molecular weight is 156 g/mol. The predicted molar refractivity (Wildman–Crippen MR) is 27.1 cm³/mol. The molecule has 0 atom stereocenters. The summed E-state index contributed by atoms with van der Waals surface area (Å²) in [4.78, 5) is 10.0. The van der Waals surface area contributed by atoms with E-state index in [0.29, 0.717) is 0 Å². The second-order valence-electron chi connectivity index (χ2n) is 1.40. The molecule has 0 aromatic carbocycles. The van der Waals surface area contributed by atoms with E-state index in [1.165, 1.54) is 19.9 Å². The standard InChI is InChI=1S/C5H8O2.Fe/c1-4(6)3-5(2)7;/h3,6H,1-2H3;/b4-3-;. The molecular weight excluding hydrogens is 148 g/mol. The van der Waals surface area contributed by atoms with Gasteiger partial charge in [0, 0.05) is 23.1 Å². The van der Waals surface area contributed by atoms with Gasteiger partial charge in [0.1, 0.15) is 0 Å². The molecule has 0 aromatic heterocycles. The number of hydrogen-bond donors (Lipinski definition) is 1. The number of hydrogen-bond acceptors (Lipinski definition) is 2. The van der Waals surface area contributed by atoms with Crippen molar-refractivity contribution in [3.05, 3.63) is 11.8 Å². The van der Waals surface area contributed by atoms with E-state index in [2.05, 4.69) is 0 Å². The van der Waals surface area contributed by atoms with Gasteiger partial charge in [-0.15, -0.1) is 0 Å². The van der Waals surface area contributed by atoms with E-state index in [1.807, 2.05) is 0 Å². The first-order valence-electron chi connectivity index (χ1n) is 2.01. The van der Waals surface area contributed by atoms with Gasteiger partial charge in [-0.2, -0.15) is 0 Å². The molecule has 1 N–H and O–H groups in total. The summed E-state index contributed by atoms with van der Waals surface area (Å²) in [5.74, 6) is -0.0625. The van der Waals surface area contributed by atoms with Crippen LogP contribution >= 0.6 is 0 Å². The van der Waals surface area contributed by atoms with Gasteiger partial charge in [-0.3, -0.25) is 4.79 Å². The number of rotatable bonds is 1. The normalized spacial score (nSPS) is 10.0. The van der Waals surface area contributed by atoms with E-state index in [9.17, 15) is 4.79 Å². The Labute approximate surface area is 59.1 Å². The third-order valence-electron chi connectivity index (χ3n) is 0.412. The SMILES string of the molecule is CC(=O)/C=C(/C)O.[Fe]. The monoisotopic (exact) mass is 156 g/mol. The van der Waals surface area contributed by atoms with Crippen molar-refractivity contribution in [2.45, 2.75) is 13.8 Å². The van der Waals surface area contributed by atoms with Gasteiger partial charge >= 0.3 is 0 Å². The Kier molecular flexibility index (Phi) is 6.50. The van der Waals surface area contributed by atoms with E-state index < -0.39 is 0 Å². The Morgan fingerprint density at radius 1 is 1.50 bits per heavy atom. The molecule has 48 valence electrons. The number of carbonyl (C=O) groups excluding carboxylic acids is 1. The maximum Gasteiger partial charge on any atom is 0.155 e. The van der Waals surface area contributed by atoms with Crippen LogP contribution in [0.2, 0.25) is 0 Å². The van der Waals surface area contributed by atoms with Gasteiger partial charge in [-0.1, -0.05) is 0 Å². The average Bonchev–Trinajstić information content (AvgIpc) is 1.27. The van der Waals surface area contributed by atoms with Crippen molar-refractivity contribution >= 4 is 5.78 Å². The number of aliphatic hydroxyl groups excluding tert-OH is 1. The van der Waals surface area contributed by atoms with Crippen LogP contribution in [0.15, 0.2) is 11.8 Å². The Hall–Kier alpha value is -0.271. The molecular formula is C5H8FeO2. The van der Waals surface area contributed by atoms with Crippen LogP contribution in [0.25, 0.3) is 0 Å². The Morgan fingerprint density at radius 3 is 1.88 bits per heavy atom. The number of aliphatic hydroxyl groups is 1. The van der Waals surface area contributed by atoms with Crippen LogP contribution in [0.3, 0.4) is 0 Å². The maximum atomic E-state index is 10.0. The van der Waals surface area contributed by atoms with Crippen LogP contribution in [-0.4, -0.2) is 10.9 Å². The maximum absolute atomic E-state index is 10.0. The summed E-state index contributed by atoms with van der Waals surface area (Å²) in [7, 11) is 0. The van der Waals surface area contributed by atoms with Crippen molar-refractivity contribution in [3.63, 3.8) is 0 Å². The first kappa shape index (κ1) is 10.7. The van der Waals surface area contributed by atoms with E-state index in [-0.39, 0.29) is 28.6 Å². The minimum absolute atomic E-state index is 0. The van der Waals surface area contributed by atoms with Crippen molar-refractivity contribution in [3.8, 4) is 0 Å². The summed E-state index contributed by atoms with van der Waals surface area (Å²) in [6.45, 7) is 2.85. The summed E-state index contributed by atoms with van der Waals surface area (Å²) in [6, 6.07) is 0. The van der Waals surface area contributed by atoms with Gasteiger partial charge in [0.15, 0.2) is 5.78 Å². The largest absolute Gasteiger partial charge is 0.512 e. The van der Waals surface area contributed by atoms with Crippen LogP contribution in [0, 0.1) is 0 Å². The van der Waals surface area contributed by atoms with E-state index in [1.54, 1.807) is 0 Å². The second kappa shape index (κ2) is 4.88. The van der Waals surface area contributed by atoms with Crippen LogP contribution in [-0.2, 0) is 21.9 Å². The van der Waals surface area contributed by atoms with Crippen molar-refractivity contribution < 1.29 is 27.0 Å². The summed E-state index contributed by atoms with van der Waals surface area (Å²) in [5.41, 5.74) is 0. The fourth-order valence-electron chi connectivity index (χ4n) is 0.294. The molecule has 0 aliphatic heterocycles. The molecule has 0 aliphatic rings. The van der Waals surface area contributed by atoms with E-state index in [4.69, 9.17) is 5.11 Å². The molecule has 0 heterocycles. The van der Waals surface area contributed by atoms with Crippen LogP contribution in [0.1, 0.15) is 13.8 Å². The summed E-state index contributed by atoms with van der Waals surface area (Å²) >= 11 is 0. The molecule has 0 unspecified atom stereocenters. The zero-order chi connectivity index (χ0) is 5.86. The molecule has 8 heavy (non-hydrogen) atoms. The summed E-state index contributed by atoms with van der Waals surface area (Å²) < 4.78 is 0. The van der Waals surface area contributed by atoms with Gasteiger partial charge in [-0.25, -0.2) is 0 Å². The molecule has 0 saturated heterocycles. The van der Waals surface area contributed by atoms with E-state index in [0.717, 1.165) is 0 Å². The zero-order valence-corrected chi connectivity index (χ0v) is 5.89. The molecule has 0 aliphatic carbocycles. The predicted octanol–water partition coefficient (Wildman–Crippen LogP) is 1.03. The minimum Gasteiger partial charge on any atom is -0.512 e. The first-order valence-corrected chi connectivity index (χ1v) is 2.01. The number of carbonyl (C=O) groups is 1. The molecule has 0 bridgehead atoms. The summed E-state index contributed by atoms with van der Waals surface area (Å²) in [6.07, 6.45) is 1.17. The smallest absolute Gasteiger partial charge is 0.155 e. The minimum atomic E-state index is -0.125. The summed E-state index contributed by atoms with van der Waals surface area (Å²) in [5, 5.41) is 8.36. The van der Waals surface area contributed by atoms with Crippen molar-refractivity contribution in [2.24, 2.45) is 0 Å². The fraction of sp³-hybridized carbons (Fsp3) is 0.400. The Balaban J connectivity index is 0. The first-order chi connectivity index (χ1) is 3.13. The quantitative estimate of drug-likeness (QED) is 0.349. The molecule has 0 rings (SSSR count). The van der Waals surface area contributed by atoms with Crippen LogP contribution < -0.4 is 0 Å². The van der Waals surface area contributed by atoms with Gasteiger partial charge in [-0.05, 0) is 13.8 Å². The van der Waals surface area contributed by atoms with Crippen molar-refractivity contribution in [1.82, 2.24) is 0 Å². The zero-order valence-electron chi connectivity index (χ0n) is 4.79. The molecule has 0 spiro atoms. The second-order valence-corrected chi connectivity index (χ2v) is 1.40. The Morgan fingerprint density at radius 2 is 1.88 bits per heavy atom. The van der Waals surface area contributed by atoms with Gasteiger partial charge in [0.25, 0.3) is 0 Å².